The first-order valence-corrected chi connectivity index (χ1v) is 7.34. The summed E-state index contributed by atoms with van der Waals surface area (Å²) in [5, 5.41) is 0. The Bertz CT molecular complexity index is 604. The van der Waals surface area contributed by atoms with Gasteiger partial charge in [0.1, 0.15) is 16.8 Å². The first-order valence-electron chi connectivity index (χ1n) is 5.90. The predicted molar refractivity (Wildman–Crippen MR) is 66.9 cm³/mol. The Labute approximate surface area is 116 Å². The molecule has 1 heterocycles. The summed E-state index contributed by atoms with van der Waals surface area (Å²) in [7, 11) is -2.96. The largest absolute Gasteiger partial charge is 0.468 e. The number of esters is 1. The quantitative estimate of drug-likeness (QED) is 0.755. The topological polar surface area (TPSA) is 72.9 Å². The highest BCUT2D eigenvalue weighted by atomic mass is 32.2. The van der Waals surface area contributed by atoms with Crippen LogP contribution in [-0.2, 0) is 24.3 Å². The lowest BCUT2D eigenvalue weighted by Gasteiger charge is -2.32. The van der Waals surface area contributed by atoms with Gasteiger partial charge < -0.3 is 9.47 Å². The summed E-state index contributed by atoms with van der Waals surface area (Å²) in [6.45, 7) is -0.00202. The van der Waals surface area contributed by atoms with E-state index in [1.54, 1.807) is 0 Å². The molecule has 1 fully saturated rings. The van der Waals surface area contributed by atoms with Crippen LogP contribution in [0.2, 0.25) is 0 Å². The second-order valence-corrected chi connectivity index (χ2v) is 6.02. The van der Waals surface area contributed by atoms with Gasteiger partial charge in [-0.05, 0) is 12.1 Å². The molecule has 1 atom stereocenters. The molecule has 0 amide bonds. The van der Waals surface area contributed by atoms with E-state index in [1.807, 2.05) is 0 Å². The molecule has 0 bridgehead atoms. The molecule has 0 radical (unpaired) electrons. The zero-order valence-electron chi connectivity index (χ0n) is 10.8. The zero-order chi connectivity index (χ0) is 14.8. The van der Waals surface area contributed by atoms with E-state index in [0.29, 0.717) is 0 Å². The Morgan fingerprint density at radius 1 is 1.45 bits per heavy atom. The van der Waals surface area contributed by atoms with Crippen molar-refractivity contribution in [3.05, 3.63) is 30.1 Å². The predicted octanol–water partition coefficient (Wildman–Crippen LogP) is 0.388. The van der Waals surface area contributed by atoms with Gasteiger partial charge in [-0.15, -0.1) is 0 Å². The molecule has 0 aliphatic carbocycles. The third-order valence-electron chi connectivity index (χ3n) is 2.98. The minimum Gasteiger partial charge on any atom is -0.468 e. The molecule has 8 heteroatoms. The maximum absolute atomic E-state index is 13.7. The Hall–Kier alpha value is -1.51. The van der Waals surface area contributed by atoms with E-state index in [2.05, 4.69) is 4.74 Å². The highest BCUT2D eigenvalue weighted by Gasteiger charge is 2.39. The fraction of sp³-hybridized carbons (Fsp3) is 0.417. The molecule has 1 aliphatic heterocycles. The molecular weight excluding hydrogens is 289 g/mol. The van der Waals surface area contributed by atoms with Gasteiger partial charge in [-0.3, -0.25) is 4.79 Å². The molecule has 0 spiro atoms. The van der Waals surface area contributed by atoms with Crippen LogP contribution in [-0.4, -0.2) is 51.6 Å². The van der Waals surface area contributed by atoms with E-state index in [9.17, 15) is 17.6 Å². The van der Waals surface area contributed by atoms with E-state index in [4.69, 9.17) is 4.74 Å². The van der Waals surface area contributed by atoms with Gasteiger partial charge in [-0.25, -0.2) is 12.8 Å². The maximum Gasteiger partial charge on any atom is 0.326 e. The summed E-state index contributed by atoms with van der Waals surface area (Å²) in [5.41, 5.74) is 0. The highest BCUT2D eigenvalue weighted by Crippen LogP contribution is 2.23. The Morgan fingerprint density at radius 3 is 2.80 bits per heavy atom. The van der Waals surface area contributed by atoms with Gasteiger partial charge in [0.15, 0.2) is 0 Å². The SMILES string of the molecule is COC(=O)C1COCCN1S(=O)(=O)c1ccccc1F. The molecule has 1 aliphatic rings. The van der Waals surface area contributed by atoms with E-state index in [-0.39, 0.29) is 19.8 Å². The van der Waals surface area contributed by atoms with E-state index < -0.39 is 32.7 Å². The van der Waals surface area contributed by atoms with Crippen LogP contribution in [0.5, 0.6) is 0 Å². The molecule has 110 valence electrons. The van der Waals surface area contributed by atoms with Crippen molar-refractivity contribution in [2.24, 2.45) is 0 Å². The molecule has 2 rings (SSSR count). The number of hydrogen-bond donors (Lipinski definition) is 0. The number of ether oxygens (including phenoxy) is 2. The lowest BCUT2D eigenvalue weighted by molar-refractivity contribution is -0.149. The Balaban J connectivity index is 2.41. The first kappa shape index (κ1) is 14.9. The lowest BCUT2D eigenvalue weighted by Crippen LogP contribution is -2.52. The Kier molecular flexibility index (Phi) is 4.36. The number of sulfonamides is 1. The van der Waals surface area contributed by atoms with Gasteiger partial charge in [0.2, 0.25) is 10.0 Å². The normalized spacial score (nSPS) is 20.6. The molecule has 6 nitrogen and oxygen atoms in total. The van der Waals surface area contributed by atoms with Gasteiger partial charge in [0.25, 0.3) is 0 Å². The number of nitrogens with zero attached hydrogens (tertiary/aromatic N) is 1. The fourth-order valence-corrected chi connectivity index (χ4v) is 3.59. The van der Waals surface area contributed by atoms with Crippen LogP contribution in [0.4, 0.5) is 4.39 Å². The van der Waals surface area contributed by atoms with Crippen LogP contribution >= 0.6 is 0 Å². The Morgan fingerprint density at radius 2 is 2.15 bits per heavy atom. The average molecular weight is 303 g/mol. The molecule has 1 saturated heterocycles. The van der Waals surface area contributed by atoms with E-state index in [0.717, 1.165) is 23.5 Å². The monoisotopic (exact) mass is 303 g/mol. The van der Waals surface area contributed by atoms with Crippen LogP contribution in [0.1, 0.15) is 0 Å². The van der Waals surface area contributed by atoms with Crippen LogP contribution in [0.3, 0.4) is 0 Å². The molecule has 1 unspecified atom stereocenters. The molecular formula is C12H14FNO5S. The minimum atomic E-state index is -4.12. The second-order valence-electron chi connectivity index (χ2n) is 4.16. The number of carbonyl (C=O) groups excluding carboxylic acids is 1. The molecule has 20 heavy (non-hydrogen) atoms. The van der Waals surface area contributed by atoms with Crippen molar-refractivity contribution >= 4 is 16.0 Å². The number of halogens is 1. The number of carbonyl (C=O) groups is 1. The summed E-state index contributed by atoms with van der Waals surface area (Å²) in [6.07, 6.45) is 0. The van der Waals surface area contributed by atoms with Gasteiger partial charge in [0.05, 0.1) is 20.3 Å². The average Bonchev–Trinajstić information content (AvgIpc) is 2.46. The molecule has 1 aromatic rings. The minimum absolute atomic E-state index is 0.0313. The van der Waals surface area contributed by atoms with Gasteiger partial charge in [0, 0.05) is 6.54 Å². The fourth-order valence-electron chi connectivity index (χ4n) is 1.98. The molecule has 0 aromatic heterocycles. The van der Waals surface area contributed by atoms with E-state index in [1.165, 1.54) is 12.1 Å². The third kappa shape index (κ3) is 2.67. The lowest BCUT2D eigenvalue weighted by atomic mass is 10.3. The van der Waals surface area contributed by atoms with E-state index >= 15 is 0 Å². The highest BCUT2D eigenvalue weighted by molar-refractivity contribution is 7.89. The number of methoxy groups -OCH3 is 1. The van der Waals surface area contributed by atoms with Crippen molar-refractivity contribution in [3.8, 4) is 0 Å². The number of rotatable bonds is 3. The number of hydrogen-bond acceptors (Lipinski definition) is 5. The summed E-state index contributed by atoms with van der Waals surface area (Å²) < 4.78 is 49.2. The smallest absolute Gasteiger partial charge is 0.326 e. The first-order chi connectivity index (χ1) is 9.48. The third-order valence-corrected chi connectivity index (χ3v) is 4.92. The van der Waals surface area contributed by atoms with Crippen LogP contribution < -0.4 is 0 Å². The maximum atomic E-state index is 13.7. The number of morpholine rings is 1. The second kappa shape index (κ2) is 5.86. The van der Waals surface area contributed by atoms with Crippen molar-refractivity contribution in [3.63, 3.8) is 0 Å². The van der Waals surface area contributed by atoms with Crippen molar-refractivity contribution in [2.75, 3.05) is 26.9 Å². The summed E-state index contributed by atoms with van der Waals surface area (Å²) in [5.74, 6) is -1.59. The van der Waals surface area contributed by atoms with Crippen LogP contribution in [0, 0.1) is 5.82 Å². The standard InChI is InChI=1S/C12H14FNO5S/c1-18-12(15)10-8-19-7-6-14(10)20(16,17)11-5-3-2-4-9(11)13/h2-5,10H,6-8H2,1H3. The summed E-state index contributed by atoms with van der Waals surface area (Å²) in [6, 6.07) is 3.93. The summed E-state index contributed by atoms with van der Waals surface area (Å²) >= 11 is 0. The van der Waals surface area contributed by atoms with Crippen LogP contribution in [0.15, 0.2) is 29.2 Å². The van der Waals surface area contributed by atoms with Crippen molar-refractivity contribution in [1.82, 2.24) is 4.31 Å². The zero-order valence-corrected chi connectivity index (χ0v) is 11.6. The molecule has 0 saturated carbocycles. The van der Waals surface area contributed by atoms with Gasteiger partial charge in [-0.2, -0.15) is 4.31 Å². The van der Waals surface area contributed by atoms with Gasteiger partial charge >= 0.3 is 5.97 Å². The van der Waals surface area contributed by atoms with Crippen molar-refractivity contribution in [1.29, 1.82) is 0 Å². The van der Waals surface area contributed by atoms with Gasteiger partial charge in [-0.1, -0.05) is 12.1 Å². The molecule has 1 aromatic carbocycles. The number of benzene rings is 1. The summed E-state index contributed by atoms with van der Waals surface area (Å²) in [4.78, 5) is 11.2. The molecule has 0 N–H and O–H groups in total. The van der Waals surface area contributed by atoms with Crippen LogP contribution in [0.25, 0.3) is 0 Å². The van der Waals surface area contributed by atoms with Crippen molar-refractivity contribution < 1.29 is 27.1 Å². The van der Waals surface area contributed by atoms with Crippen molar-refractivity contribution in [2.45, 2.75) is 10.9 Å².